The number of carbonyl (C=O) groups is 1. The second kappa shape index (κ2) is 2.78. The third kappa shape index (κ3) is 1.61. The lowest BCUT2D eigenvalue weighted by Gasteiger charge is -2.01. The molecule has 1 rings (SSSR count). The number of primary amides is 1. The second-order valence-corrected chi connectivity index (χ2v) is 2.44. The molecule has 0 heterocycles. The predicted octanol–water partition coefficient (Wildman–Crippen LogP) is -0.112. The summed E-state index contributed by atoms with van der Waals surface area (Å²) in [4.78, 5) is 10.7. The van der Waals surface area contributed by atoms with Crippen molar-refractivity contribution in [3.63, 3.8) is 0 Å². The van der Waals surface area contributed by atoms with E-state index >= 15 is 0 Å². The van der Waals surface area contributed by atoms with Crippen LogP contribution in [0.25, 0.3) is 0 Å². The van der Waals surface area contributed by atoms with Crippen LogP contribution < -0.4 is 11.2 Å². The average molecular weight is 145 g/mol. The van der Waals surface area contributed by atoms with Gasteiger partial charge in [0.2, 0.25) is 5.91 Å². The molecule has 0 saturated carbocycles. The van der Waals surface area contributed by atoms with Crippen LogP contribution in [0, 0.1) is 6.92 Å². The molecule has 0 aliphatic heterocycles. The fraction of sp³-hybridized carbons (Fsp3) is 0.125. The Hall–Kier alpha value is -1.25. The lowest BCUT2D eigenvalue weighted by Crippen LogP contribution is -2.16. The topological polar surface area (TPSA) is 43.1 Å². The molecule has 2 nitrogen and oxygen atoms in total. The molecule has 1 aromatic rings. The van der Waals surface area contributed by atoms with Crippen molar-refractivity contribution in [1.82, 2.24) is 0 Å². The largest absolute Gasteiger partial charge is 0.366 e. The van der Waals surface area contributed by atoms with E-state index in [9.17, 15) is 4.79 Å². The minimum Gasteiger partial charge on any atom is -0.366 e. The Balaban J connectivity index is 3.23. The van der Waals surface area contributed by atoms with Crippen LogP contribution in [0.3, 0.4) is 0 Å². The Labute approximate surface area is 66.8 Å². The van der Waals surface area contributed by atoms with Gasteiger partial charge >= 0.3 is 0 Å². The van der Waals surface area contributed by atoms with Crippen molar-refractivity contribution in [3.8, 4) is 0 Å². The molecule has 0 spiro atoms. The summed E-state index contributed by atoms with van der Waals surface area (Å²) < 4.78 is 0. The Morgan fingerprint density at radius 2 is 2.18 bits per heavy atom. The van der Waals surface area contributed by atoms with Gasteiger partial charge in [-0.25, -0.2) is 0 Å². The van der Waals surface area contributed by atoms with Crippen LogP contribution in [0.1, 0.15) is 15.9 Å². The van der Waals surface area contributed by atoms with Crippen LogP contribution in [-0.4, -0.2) is 13.8 Å². The van der Waals surface area contributed by atoms with E-state index in [4.69, 9.17) is 13.6 Å². The first-order chi connectivity index (χ1) is 5.11. The minimum atomic E-state index is -0.435. The first kappa shape index (κ1) is 7.86. The molecule has 0 unspecified atom stereocenters. The van der Waals surface area contributed by atoms with E-state index in [1.807, 2.05) is 6.92 Å². The van der Waals surface area contributed by atoms with E-state index in [0.29, 0.717) is 11.0 Å². The van der Waals surface area contributed by atoms with E-state index in [-0.39, 0.29) is 0 Å². The summed E-state index contributed by atoms with van der Waals surface area (Å²) >= 11 is 0. The molecule has 0 saturated heterocycles. The van der Waals surface area contributed by atoms with Gasteiger partial charge in [-0.1, -0.05) is 23.7 Å². The smallest absolute Gasteiger partial charge is 0.248 e. The molecule has 2 radical (unpaired) electrons. The number of rotatable bonds is 1. The van der Waals surface area contributed by atoms with E-state index in [1.54, 1.807) is 18.2 Å². The summed E-state index contributed by atoms with van der Waals surface area (Å²) in [5, 5.41) is 0. The molecule has 2 N–H and O–H groups in total. The fourth-order valence-corrected chi connectivity index (χ4v) is 0.905. The van der Waals surface area contributed by atoms with Crippen molar-refractivity contribution >= 4 is 19.2 Å². The van der Waals surface area contributed by atoms with Gasteiger partial charge in [-0.15, -0.1) is 0 Å². The molecule has 3 heteroatoms. The Bertz CT molecular complexity index is 296. The van der Waals surface area contributed by atoms with Gasteiger partial charge in [-0.2, -0.15) is 0 Å². The molecule has 0 aromatic heterocycles. The second-order valence-electron chi connectivity index (χ2n) is 2.44. The maximum atomic E-state index is 10.7. The van der Waals surface area contributed by atoms with Gasteiger partial charge in [0.05, 0.1) is 0 Å². The zero-order valence-electron chi connectivity index (χ0n) is 6.29. The molecule has 1 aromatic carbocycles. The van der Waals surface area contributed by atoms with E-state index in [0.717, 1.165) is 5.56 Å². The molecule has 0 aliphatic rings. The van der Waals surface area contributed by atoms with Crippen molar-refractivity contribution in [2.24, 2.45) is 5.73 Å². The highest BCUT2D eigenvalue weighted by molar-refractivity contribution is 6.32. The standard InChI is InChI=1S/C8H8BNO/c1-5-2-3-6(9)4-7(5)8(10)11/h2-4H,1H3,(H2,10,11). The molecule has 11 heavy (non-hydrogen) atoms. The van der Waals surface area contributed by atoms with Gasteiger partial charge in [-0.05, 0) is 12.5 Å². The summed E-state index contributed by atoms with van der Waals surface area (Å²) in [6.45, 7) is 1.82. The van der Waals surface area contributed by atoms with E-state index in [1.165, 1.54) is 0 Å². The molecule has 0 bridgehead atoms. The van der Waals surface area contributed by atoms with Gasteiger partial charge in [0.15, 0.2) is 0 Å². The van der Waals surface area contributed by atoms with E-state index in [2.05, 4.69) is 0 Å². The number of carbonyl (C=O) groups excluding carboxylic acids is 1. The first-order valence-corrected chi connectivity index (χ1v) is 3.27. The highest BCUT2D eigenvalue weighted by Gasteiger charge is 2.02. The van der Waals surface area contributed by atoms with Crippen molar-refractivity contribution in [2.45, 2.75) is 6.92 Å². The Kier molecular flexibility index (Phi) is 1.99. The summed E-state index contributed by atoms with van der Waals surface area (Å²) in [6.07, 6.45) is 0. The zero-order chi connectivity index (χ0) is 8.43. The van der Waals surface area contributed by atoms with Crippen LogP contribution in [0.2, 0.25) is 0 Å². The van der Waals surface area contributed by atoms with Crippen LogP contribution in [-0.2, 0) is 0 Å². The van der Waals surface area contributed by atoms with Gasteiger partial charge in [0.1, 0.15) is 7.85 Å². The fourth-order valence-electron chi connectivity index (χ4n) is 0.905. The van der Waals surface area contributed by atoms with Crippen LogP contribution in [0.4, 0.5) is 0 Å². The summed E-state index contributed by atoms with van der Waals surface area (Å²) in [5.41, 5.74) is 6.99. The van der Waals surface area contributed by atoms with Gasteiger partial charge in [-0.3, -0.25) is 4.79 Å². The number of nitrogens with two attached hydrogens (primary N) is 1. The van der Waals surface area contributed by atoms with Crippen molar-refractivity contribution in [1.29, 1.82) is 0 Å². The molecule has 0 fully saturated rings. The number of hydrogen-bond donors (Lipinski definition) is 1. The monoisotopic (exact) mass is 145 g/mol. The molecule has 54 valence electrons. The third-order valence-corrected chi connectivity index (χ3v) is 1.53. The van der Waals surface area contributed by atoms with Crippen molar-refractivity contribution in [3.05, 3.63) is 29.3 Å². The number of hydrogen-bond acceptors (Lipinski definition) is 1. The average Bonchev–Trinajstić information content (AvgIpc) is 1.94. The summed E-state index contributed by atoms with van der Waals surface area (Å²) in [5.74, 6) is -0.435. The molecular formula is C8H8BNO. The van der Waals surface area contributed by atoms with Gasteiger partial charge in [0, 0.05) is 5.56 Å². The predicted molar refractivity (Wildman–Crippen MR) is 45.1 cm³/mol. The first-order valence-electron chi connectivity index (χ1n) is 3.27. The highest BCUT2D eigenvalue weighted by atomic mass is 16.1. The number of aryl methyl sites for hydroxylation is 1. The lowest BCUT2D eigenvalue weighted by molar-refractivity contribution is 0.1000. The Morgan fingerprint density at radius 1 is 1.55 bits per heavy atom. The zero-order valence-corrected chi connectivity index (χ0v) is 6.29. The van der Waals surface area contributed by atoms with Crippen molar-refractivity contribution < 1.29 is 4.79 Å². The normalized spacial score (nSPS) is 9.55. The van der Waals surface area contributed by atoms with Gasteiger partial charge in [0.25, 0.3) is 0 Å². The summed E-state index contributed by atoms with van der Waals surface area (Å²) in [6, 6.07) is 5.09. The maximum absolute atomic E-state index is 10.7. The number of amides is 1. The maximum Gasteiger partial charge on any atom is 0.248 e. The highest BCUT2D eigenvalue weighted by Crippen LogP contribution is 2.02. The van der Waals surface area contributed by atoms with Crippen LogP contribution >= 0.6 is 0 Å². The van der Waals surface area contributed by atoms with E-state index < -0.39 is 5.91 Å². The summed E-state index contributed by atoms with van der Waals surface area (Å²) in [7, 11) is 5.46. The van der Waals surface area contributed by atoms with Crippen LogP contribution in [0.5, 0.6) is 0 Å². The number of benzene rings is 1. The molecular weight excluding hydrogens is 137 g/mol. The molecule has 1 amide bonds. The lowest BCUT2D eigenvalue weighted by atomic mass is 9.92. The van der Waals surface area contributed by atoms with Crippen LogP contribution in [0.15, 0.2) is 18.2 Å². The molecule has 0 atom stereocenters. The SMILES string of the molecule is [B]c1ccc(C)c(C(N)=O)c1. The van der Waals surface area contributed by atoms with Crippen molar-refractivity contribution in [2.75, 3.05) is 0 Å². The third-order valence-electron chi connectivity index (χ3n) is 1.53. The Morgan fingerprint density at radius 3 is 2.64 bits per heavy atom. The minimum absolute atomic E-state index is 0.435. The molecule has 0 aliphatic carbocycles. The quantitative estimate of drug-likeness (QED) is 0.550. The van der Waals surface area contributed by atoms with Gasteiger partial charge < -0.3 is 5.73 Å².